The number of ether oxygens (including phenoxy) is 2. The molecule has 6 heteroatoms. The average Bonchev–Trinajstić information content (AvgIpc) is 2.78. The molecule has 0 aliphatic carbocycles. The first-order chi connectivity index (χ1) is 8.55. The SMILES string of the molecule is COc1ccc(NC(=O)C2(N)CCOC2)cc1Cl. The summed E-state index contributed by atoms with van der Waals surface area (Å²) in [5.41, 5.74) is 5.58. The monoisotopic (exact) mass is 270 g/mol. The van der Waals surface area contributed by atoms with E-state index < -0.39 is 5.54 Å². The van der Waals surface area contributed by atoms with Crippen LogP contribution in [0.1, 0.15) is 6.42 Å². The summed E-state index contributed by atoms with van der Waals surface area (Å²) in [5.74, 6) is 0.294. The van der Waals surface area contributed by atoms with Crippen LogP contribution in [-0.4, -0.2) is 31.8 Å². The van der Waals surface area contributed by atoms with Crippen LogP contribution in [-0.2, 0) is 9.53 Å². The van der Waals surface area contributed by atoms with Gasteiger partial charge >= 0.3 is 0 Å². The smallest absolute Gasteiger partial charge is 0.246 e. The maximum atomic E-state index is 12.0. The largest absolute Gasteiger partial charge is 0.495 e. The van der Waals surface area contributed by atoms with Crippen molar-refractivity contribution in [2.24, 2.45) is 5.73 Å². The molecule has 5 nitrogen and oxygen atoms in total. The molecule has 1 aromatic rings. The molecule has 1 heterocycles. The van der Waals surface area contributed by atoms with Crippen molar-refractivity contribution in [1.82, 2.24) is 0 Å². The maximum Gasteiger partial charge on any atom is 0.246 e. The van der Waals surface area contributed by atoms with Crippen molar-refractivity contribution in [2.75, 3.05) is 25.6 Å². The average molecular weight is 271 g/mol. The molecule has 1 aromatic carbocycles. The number of carbonyl (C=O) groups is 1. The standard InChI is InChI=1S/C12H15ClN2O3/c1-17-10-3-2-8(6-9(10)13)15-11(16)12(14)4-5-18-7-12/h2-3,6H,4-5,7,14H2,1H3,(H,15,16). The van der Waals surface area contributed by atoms with E-state index in [1.165, 1.54) is 7.11 Å². The molecule has 18 heavy (non-hydrogen) atoms. The van der Waals surface area contributed by atoms with Gasteiger partial charge in [-0.25, -0.2) is 0 Å². The summed E-state index contributed by atoms with van der Waals surface area (Å²) in [4.78, 5) is 12.0. The molecule has 0 saturated carbocycles. The van der Waals surface area contributed by atoms with E-state index in [2.05, 4.69) is 5.32 Å². The van der Waals surface area contributed by atoms with Gasteiger partial charge in [-0.1, -0.05) is 11.6 Å². The van der Waals surface area contributed by atoms with Crippen molar-refractivity contribution in [2.45, 2.75) is 12.0 Å². The third-order valence-corrected chi connectivity index (χ3v) is 3.21. The molecular weight excluding hydrogens is 256 g/mol. The Labute approximate surface area is 110 Å². The van der Waals surface area contributed by atoms with E-state index in [4.69, 9.17) is 26.8 Å². The number of anilines is 1. The third kappa shape index (κ3) is 2.58. The van der Waals surface area contributed by atoms with E-state index in [1.807, 2.05) is 0 Å². The Kier molecular flexibility index (Phi) is 3.75. The second-order valence-electron chi connectivity index (χ2n) is 4.26. The van der Waals surface area contributed by atoms with Crippen molar-refractivity contribution in [3.05, 3.63) is 23.2 Å². The molecule has 0 radical (unpaired) electrons. The lowest BCUT2D eigenvalue weighted by Crippen LogP contribution is -2.51. The Morgan fingerprint density at radius 1 is 1.61 bits per heavy atom. The van der Waals surface area contributed by atoms with Crippen molar-refractivity contribution < 1.29 is 14.3 Å². The molecule has 1 unspecified atom stereocenters. The number of amides is 1. The summed E-state index contributed by atoms with van der Waals surface area (Å²) in [6.45, 7) is 0.746. The Hall–Kier alpha value is -1.30. The van der Waals surface area contributed by atoms with Gasteiger partial charge in [0.2, 0.25) is 5.91 Å². The van der Waals surface area contributed by atoms with Crippen molar-refractivity contribution in [1.29, 1.82) is 0 Å². The van der Waals surface area contributed by atoms with Crippen molar-refractivity contribution in [3.63, 3.8) is 0 Å². The quantitative estimate of drug-likeness (QED) is 0.871. The zero-order chi connectivity index (χ0) is 13.2. The number of nitrogens with two attached hydrogens (primary N) is 1. The number of methoxy groups -OCH3 is 1. The summed E-state index contributed by atoms with van der Waals surface area (Å²) in [6.07, 6.45) is 0.517. The minimum atomic E-state index is -0.952. The van der Waals surface area contributed by atoms with Crippen LogP contribution in [0.2, 0.25) is 5.02 Å². The lowest BCUT2D eigenvalue weighted by molar-refractivity contribution is -0.121. The molecule has 1 saturated heterocycles. The zero-order valence-electron chi connectivity index (χ0n) is 10.0. The van der Waals surface area contributed by atoms with Crippen LogP contribution >= 0.6 is 11.6 Å². The van der Waals surface area contributed by atoms with Crippen LogP contribution in [0.4, 0.5) is 5.69 Å². The van der Waals surface area contributed by atoms with Gasteiger partial charge in [-0.3, -0.25) is 4.79 Å². The zero-order valence-corrected chi connectivity index (χ0v) is 10.8. The number of hydrogen-bond acceptors (Lipinski definition) is 4. The van der Waals surface area contributed by atoms with Crippen LogP contribution in [0.15, 0.2) is 18.2 Å². The number of hydrogen-bond donors (Lipinski definition) is 2. The maximum absolute atomic E-state index is 12.0. The van der Waals surface area contributed by atoms with Gasteiger partial charge in [0.1, 0.15) is 11.3 Å². The highest BCUT2D eigenvalue weighted by Gasteiger charge is 2.38. The Morgan fingerprint density at radius 2 is 2.39 bits per heavy atom. The van der Waals surface area contributed by atoms with Gasteiger partial charge in [-0.2, -0.15) is 0 Å². The highest BCUT2D eigenvalue weighted by molar-refractivity contribution is 6.32. The van der Waals surface area contributed by atoms with E-state index in [0.717, 1.165) is 0 Å². The van der Waals surface area contributed by atoms with Crippen LogP contribution < -0.4 is 15.8 Å². The number of rotatable bonds is 3. The first-order valence-corrected chi connectivity index (χ1v) is 5.94. The molecular formula is C12H15ClN2O3. The van der Waals surface area contributed by atoms with Crippen molar-refractivity contribution in [3.8, 4) is 5.75 Å². The molecule has 1 aliphatic rings. The van der Waals surface area contributed by atoms with E-state index in [0.29, 0.717) is 29.5 Å². The number of benzene rings is 1. The Balaban J connectivity index is 2.09. The topological polar surface area (TPSA) is 73.6 Å². The van der Waals surface area contributed by atoms with E-state index in [9.17, 15) is 4.79 Å². The third-order valence-electron chi connectivity index (χ3n) is 2.91. The van der Waals surface area contributed by atoms with Gasteiger partial charge in [-0.05, 0) is 24.6 Å². The highest BCUT2D eigenvalue weighted by atomic mass is 35.5. The molecule has 0 aromatic heterocycles. The predicted molar refractivity (Wildman–Crippen MR) is 69.0 cm³/mol. The minimum Gasteiger partial charge on any atom is -0.495 e. The molecule has 98 valence electrons. The first-order valence-electron chi connectivity index (χ1n) is 5.57. The second-order valence-corrected chi connectivity index (χ2v) is 4.67. The van der Waals surface area contributed by atoms with Gasteiger partial charge < -0.3 is 20.5 Å². The van der Waals surface area contributed by atoms with Crippen molar-refractivity contribution >= 4 is 23.2 Å². The van der Waals surface area contributed by atoms with E-state index in [-0.39, 0.29) is 12.5 Å². The summed E-state index contributed by atoms with van der Waals surface area (Å²) in [7, 11) is 1.53. The fraction of sp³-hybridized carbons (Fsp3) is 0.417. The number of carbonyl (C=O) groups excluding carboxylic acids is 1. The molecule has 1 aliphatic heterocycles. The van der Waals surface area contributed by atoms with Gasteiger partial charge in [0.05, 0.1) is 18.7 Å². The summed E-state index contributed by atoms with van der Waals surface area (Å²) in [5, 5.41) is 3.17. The summed E-state index contributed by atoms with van der Waals surface area (Å²) < 4.78 is 10.2. The van der Waals surface area contributed by atoms with Crippen LogP contribution in [0.3, 0.4) is 0 Å². The first kappa shape index (κ1) is 13.1. The fourth-order valence-electron chi connectivity index (χ4n) is 1.76. The predicted octanol–water partition coefficient (Wildman–Crippen LogP) is 1.40. The minimum absolute atomic E-state index is 0.239. The van der Waals surface area contributed by atoms with Gasteiger partial charge in [0.15, 0.2) is 0 Å². The van der Waals surface area contributed by atoms with Crippen LogP contribution in [0.25, 0.3) is 0 Å². The Bertz CT molecular complexity index is 459. The van der Waals surface area contributed by atoms with Gasteiger partial charge in [-0.15, -0.1) is 0 Å². The van der Waals surface area contributed by atoms with E-state index in [1.54, 1.807) is 18.2 Å². The molecule has 0 spiro atoms. The van der Waals surface area contributed by atoms with Crippen LogP contribution in [0, 0.1) is 0 Å². The lowest BCUT2D eigenvalue weighted by atomic mass is 9.99. The molecule has 1 amide bonds. The lowest BCUT2D eigenvalue weighted by Gasteiger charge is -2.20. The van der Waals surface area contributed by atoms with Crippen LogP contribution in [0.5, 0.6) is 5.75 Å². The highest BCUT2D eigenvalue weighted by Crippen LogP contribution is 2.28. The number of halogens is 1. The molecule has 2 rings (SSSR count). The molecule has 3 N–H and O–H groups in total. The Morgan fingerprint density at radius 3 is 2.94 bits per heavy atom. The normalized spacial score (nSPS) is 22.8. The summed E-state index contributed by atoms with van der Waals surface area (Å²) in [6, 6.07) is 5.02. The molecule has 1 atom stereocenters. The van der Waals surface area contributed by atoms with Gasteiger partial charge in [0, 0.05) is 12.3 Å². The molecule has 1 fully saturated rings. The number of nitrogens with one attached hydrogen (secondary N) is 1. The van der Waals surface area contributed by atoms with Gasteiger partial charge in [0.25, 0.3) is 0 Å². The fourth-order valence-corrected chi connectivity index (χ4v) is 2.02. The molecule has 0 bridgehead atoms. The van der Waals surface area contributed by atoms with E-state index >= 15 is 0 Å². The summed E-state index contributed by atoms with van der Waals surface area (Å²) >= 11 is 5.98. The second kappa shape index (κ2) is 5.14.